The number of ether oxygens (including phenoxy) is 1. The van der Waals surface area contributed by atoms with Gasteiger partial charge >= 0.3 is 0 Å². The zero-order valence-corrected chi connectivity index (χ0v) is 19.0. The molecule has 0 saturated heterocycles. The van der Waals surface area contributed by atoms with Crippen molar-refractivity contribution < 1.29 is 9.53 Å². The van der Waals surface area contributed by atoms with Gasteiger partial charge in [-0.05, 0) is 61.0 Å². The van der Waals surface area contributed by atoms with Gasteiger partial charge in [0.25, 0.3) is 0 Å². The predicted octanol–water partition coefficient (Wildman–Crippen LogP) is 5.03. The Labute approximate surface area is 194 Å². The van der Waals surface area contributed by atoms with Gasteiger partial charge < -0.3 is 10.1 Å². The second-order valence-corrected chi connectivity index (χ2v) is 8.25. The highest BCUT2D eigenvalue weighted by Crippen LogP contribution is 2.29. The summed E-state index contributed by atoms with van der Waals surface area (Å²) >= 11 is 7.35. The van der Waals surface area contributed by atoms with Crippen LogP contribution in [0, 0.1) is 6.92 Å². The molecular formula is C23H20ClN5O2S. The van der Waals surface area contributed by atoms with Crippen molar-refractivity contribution >= 4 is 35.0 Å². The number of aromatic nitrogens is 4. The first kappa shape index (κ1) is 21.9. The summed E-state index contributed by atoms with van der Waals surface area (Å²) in [7, 11) is 1.57. The number of benzene rings is 2. The Morgan fingerprint density at radius 1 is 1.12 bits per heavy atom. The third-order valence-electron chi connectivity index (χ3n) is 4.57. The lowest BCUT2D eigenvalue weighted by Gasteiger charge is -2.12. The fourth-order valence-corrected chi connectivity index (χ4v) is 3.96. The summed E-state index contributed by atoms with van der Waals surface area (Å²) in [6, 6.07) is 18.6. The summed E-state index contributed by atoms with van der Waals surface area (Å²) in [5.74, 6) is 1.15. The number of hydrogen-bond donors (Lipinski definition) is 1. The maximum Gasteiger partial charge on any atom is 0.234 e. The van der Waals surface area contributed by atoms with Crippen LogP contribution in [0.1, 0.15) is 5.56 Å². The van der Waals surface area contributed by atoms with E-state index in [4.69, 9.17) is 16.3 Å². The number of carbonyl (C=O) groups is 1. The zero-order valence-electron chi connectivity index (χ0n) is 17.4. The van der Waals surface area contributed by atoms with Crippen molar-refractivity contribution in [3.63, 3.8) is 0 Å². The molecule has 1 amide bonds. The number of nitrogens with one attached hydrogen (secondary N) is 1. The van der Waals surface area contributed by atoms with Gasteiger partial charge in [-0.2, -0.15) is 0 Å². The van der Waals surface area contributed by atoms with E-state index in [1.165, 1.54) is 11.8 Å². The molecule has 2 aromatic heterocycles. The molecule has 0 aliphatic heterocycles. The lowest BCUT2D eigenvalue weighted by molar-refractivity contribution is -0.113. The minimum atomic E-state index is -0.177. The van der Waals surface area contributed by atoms with E-state index in [2.05, 4.69) is 20.5 Å². The molecule has 4 aromatic rings. The summed E-state index contributed by atoms with van der Waals surface area (Å²) in [6.45, 7) is 1.96. The predicted molar refractivity (Wildman–Crippen MR) is 127 cm³/mol. The van der Waals surface area contributed by atoms with Crippen molar-refractivity contribution in [2.75, 3.05) is 18.2 Å². The SMILES string of the molecule is COc1ccc(C)cc1NC(=O)CSc1nnc(-c2ccccn2)n1-c1ccc(Cl)cc1. The van der Waals surface area contributed by atoms with Crippen molar-refractivity contribution in [2.45, 2.75) is 12.1 Å². The van der Waals surface area contributed by atoms with Crippen LogP contribution in [0.3, 0.4) is 0 Å². The number of thioether (sulfide) groups is 1. The Hall–Kier alpha value is -3.36. The highest BCUT2D eigenvalue weighted by atomic mass is 35.5. The van der Waals surface area contributed by atoms with Crippen molar-refractivity contribution in [3.05, 3.63) is 77.4 Å². The molecule has 0 bridgehead atoms. The molecule has 1 N–H and O–H groups in total. The topological polar surface area (TPSA) is 81.9 Å². The first-order valence-corrected chi connectivity index (χ1v) is 11.1. The van der Waals surface area contributed by atoms with Gasteiger partial charge in [-0.3, -0.25) is 14.3 Å². The first-order valence-electron chi connectivity index (χ1n) is 9.75. The standard InChI is InChI=1S/C23H20ClN5O2S/c1-15-6-11-20(31-2)19(13-15)26-21(30)14-32-23-28-27-22(18-5-3-4-12-25-18)29(23)17-9-7-16(24)8-10-17/h3-13H,14H2,1-2H3,(H,26,30). The van der Waals surface area contributed by atoms with E-state index in [9.17, 15) is 4.79 Å². The lowest BCUT2D eigenvalue weighted by Crippen LogP contribution is -2.15. The van der Waals surface area contributed by atoms with Crippen LogP contribution in [0.25, 0.3) is 17.2 Å². The molecule has 0 spiro atoms. The maximum absolute atomic E-state index is 12.7. The van der Waals surface area contributed by atoms with Crippen LogP contribution in [0.15, 0.2) is 72.0 Å². The fourth-order valence-electron chi connectivity index (χ4n) is 3.08. The molecule has 4 rings (SSSR count). The highest BCUT2D eigenvalue weighted by Gasteiger charge is 2.18. The van der Waals surface area contributed by atoms with Gasteiger partial charge in [0.15, 0.2) is 11.0 Å². The summed E-state index contributed by atoms with van der Waals surface area (Å²) in [4.78, 5) is 17.1. The zero-order chi connectivity index (χ0) is 22.5. The quantitative estimate of drug-likeness (QED) is 0.385. The number of anilines is 1. The molecular weight excluding hydrogens is 446 g/mol. The molecule has 0 atom stereocenters. The van der Waals surface area contributed by atoms with E-state index in [0.717, 1.165) is 11.3 Å². The van der Waals surface area contributed by atoms with E-state index in [1.807, 2.05) is 60.0 Å². The van der Waals surface area contributed by atoms with Gasteiger partial charge in [0, 0.05) is 16.9 Å². The number of hydrogen-bond acceptors (Lipinski definition) is 6. The van der Waals surface area contributed by atoms with E-state index < -0.39 is 0 Å². The summed E-state index contributed by atoms with van der Waals surface area (Å²) in [5.41, 5.74) is 3.15. The Morgan fingerprint density at radius 2 is 1.94 bits per heavy atom. The fraction of sp³-hybridized carbons (Fsp3) is 0.130. The number of carbonyl (C=O) groups excluding carboxylic acids is 1. The maximum atomic E-state index is 12.7. The van der Waals surface area contributed by atoms with Gasteiger partial charge in [-0.1, -0.05) is 35.5 Å². The molecule has 2 aromatic carbocycles. The van der Waals surface area contributed by atoms with E-state index in [1.54, 1.807) is 25.4 Å². The molecule has 0 aliphatic carbocycles. The molecule has 0 fully saturated rings. The van der Waals surface area contributed by atoms with Crippen molar-refractivity contribution in [2.24, 2.45) is 0 Å². The molecule has 2 heterocycles. The van der Waals surface area contributed by atoms with Crippen LogP contribution < -0.4 is 10.1 Å². The summed E-state index contributed by atoms with van der Waals surface area (Å²) in [6.07, 6.45) is 1.70. The minimum absolute atomic E-state index is 0.144. The molecule has 0 saturated carbocycles. The minimum Gasteiger partial charge on any atom is -0.495 e. The van der Waals surface area contributed by atoms with Crippen molar-refractivity contribution in [1.82, 2.24) is 19.7 Å². The third kappa shape index (κ3) is 4.92. The Morgan fingerprint density at radius 3 is 2.66 bits per heavy atom. The van der Waals surface area contributed by atoms with Crippen LogP contribution in [0.5, 0.6) is 5.75 Å². The molecule has 7 nitrogen and oxygen atoms in total. The number of methoxy groups -OCH3 is 1. The molecule has 0 radical (unpaired) electrons. The van der Waals surface area contributed by atoms with Crippen LogP contribution in [0.4, 0.5) is 5.69 Å². The normalized spacial score (nSPS) is 10.7. The average Bonchev–Trinajstić information content (AvgIpc) is 3.23. The lowest BCUT2D eigenvalue weighted by atomic mass is 10.2. The van der Waals surface area contributed by atoms with E-state index in [-0.39, 0.29) is 11.7 Å². The van der Waals surface area contributed by atoms with Crippen LogP contribution >= 0.6 is 23.4 Å². The monoisotopic (exact) mass is 465 g/mol. The molecule has 162 valence electrons. The number of amides is 1. The number of rotatable bonds is 7. The number of aryl methyl sites for hydroxylation is 1. The summed E-state index contributed by atoms with van der Waals surface area (Å²) < 4.78 is 7.20. The van der Waals surface area contributed by atoms with Crippen molar-refractivity contribution in [3.8, 4) is 23.0 Å². The molecule has 32 heavy (non-hydrogen) atoms. The number of halogens is 1. The second kappa shape index (κ2) is 9.84. The van der Waals surface area contributed by atoms with Crippen LogP contribution in [-0.2, 0) is 4.79 Å². The largest absolute Gasteiger partial charge is 0.495 e. The molecule has 0 unspecified atom stereocenters. The van der Waals surface area contributed by atoms with Gasteiger partial charge in [0.05, 0.1) is 18.6 Å². The number of pyridine rings is 1. The molecule has 0 aliphatic rings. The third-order valence-corrected chi connectivity index (χ3v) is 5.75. The average molecular weight is 466 g/mol. The van der Waals surface area contributed by atoms with Gasteiger partial charge in [0.2, 0.25) is 5.91 Å². The highest BCUT2D eigenvalue weighted by molar-refractivity contribution is 7.99. The van der Waals surface area contributed by atoms with Crippen LogP contribution in [-0.4, -0.2) is 38.5 Å². The van der Waals surface area contributed by atoms with Crippen LogP contribution in [0.2, 0.25) is 5.02 Å². The first-order chi connectivity index (χ1) is 15.5. The Bertz CT molecular complexity index is 1230. The molecule has 9 heteroatoms. The van der Waals surface area contributed by atoms with E-state index >= 15 is 0 Å². The van der Waals surface area contributed by atoms with Gasteiger partial charge in [0.1, 0.15) is 11.4 Å². The van der Waals surface area contributed by atoms with E-state index in [0.29, 0.717) is 33.1 Å². The number of nitrogens with zero attached hydrogens (tertiary/aromatic N) is 4. The Balaban J connectivity index is 1.59. The van der Waals surface area contributed by atoms with Crippen molar-refractivity contribution in [1.29, 1.82) is 0 Å². The second-order valence-electron chi connectivity index (χ2n) is 6.87. The smallest absolute Gasteiger partial charge is 0.234 e. The van der Waals surface area contributed by atoms with Gasteiger partial charge in [-0.15, -0.1) is 10.2 Å². The summed E-state index contributed by atoms with van der Waals surface area (Å²) in [5, 5.41) is 12.7. The Kier molecular flexibility index (Phi) is 6.72. The van der Waals surface area contributed by atoms with Gasteiger partial charge in [-0.25, -0.2) is 0 Å².